The van der Waals surface area contributed by atoms with Crippen LogP contribution in [0.25, 0.3) is 11.4 Å². The Bertz CT molecular complexity index is 883. The largest absolute Gasteiger partial charge is 0.388 e. The molecule has 2 saturated heterocycles. The fraction of sp³-hybridized carbons (Fsp3) is 0.529. The summed E-state index contributed by atoms with van der Waals surface area (Å²) < 4.78 is 20.0. The number of aliphatic hydroxyl groups is 2. The molecule has 0 unspecified atom stereocenters. The van der Waals surface area contributed by atoms with E-state index in [0.717, 1.165) is 10.0 Å². The summed E-state index contributed by atoms with van der Waals surface area (Å²) in [6.45, 7) is 3.61. The number of H-pyrrole nitrogens is 1. The minimum atomic E-state index is -1.03. The van der Waals surface area contributed by atoms with Crippen molar-refractivity contribution in [3.63, 3.8) is 0 Å². The van der Waals surface area contributed by atoms with Crippen LogP contribution in [0.5, 0.6) is 0 Å². The van der Waals surface area contributed by atoms with Gasteiger partial charge in [0.2, 0.25) is 0 Å². The second-order valence-electron chi connectivity index (χ2n) is 7.10. The minimum absolute atomic E-state index is 0.102. The van der Waals surface area contributed by atoms with Crippen LogP contribution in [0.15, 0.2) is 28.7 Å². The lowest BCUT2D eigenvalue weighted by Crippen LogP contribution is -2.42. The molecular weight excluding hydrogens is 438 g/mol. The van der Waals surface area contributed by atoms with Crippen molar-refractivity contribution in [3.05, 3.63) is 33.5 Å². The van der Waals surface area contributed by atoms with Crippen LogP contribution in [0, 0.1) is 4.77 Å². The Hall–Kier alpha value is -1.14. The maximum atomic E-state index is 10.7. The minimum Gasteiger partial charge on any atom is -0.388 e. The zero-order valence-corrected chi connectivity index (χ0v) is 17.1. The third kappa shape index (κ3) is 3.63. The van der Waals surface area contributed by atoms with Gasteiger partial charge in [0.15, 0.2) is 22.7 Å². The van der Waals surface area contributed by atoms with Gasteiger partial charge < -0.3 is 24.4 Å². The molecule has 3 heterocycles. The standard InChI is InChI=1S/C17H20BrN3O5S/c1-17(2)25-13-11(23)12(24-15(13)26-17)10(22)7-21-14(19-20-16(21)27)8-3-5-9(18)6-4-8/h3-6,10-13,15,22-23H,7H2,1-2H3,(H,20,27)/t10-,11+,12-,13-,15-/m1/s1. The number of rotatable bonds is 4. The lowest BCUT2D eigenvalue weighted by atomic mass is 10.1. The van der Waals surface area contributed by atoms with Gasteiger partial charge in [-0.1, -0.05) is 28.1 Å². The zero-order chi connectivity index (χ0) is 19.3. The molecule has 0 amide bonds. The highest BCUT2D eigenvalue weighted by Crippen LogP contribution is 2.38. The molecule has 3 N–H and O–H groups in total. The number of nitrogens with zero attached hydrogens (tertiary/aromatic N) is 2. The second-order valence-corrected chi connectivity index (χ2v) is 8.40. The molecule has 5 atom stereocenters. The molecule has 4 rings (SSSR count). The summed E-state index contributed by atoms with van der Waals surface area (Å²) in [5.41, 5.74) is 0.843. The van der Waals surface area contributed by atoms with Crippen LogP contribution >= 0.6 is 28.1 Å². The fourth-order valence-electron chi connectivity index (χ4n) is 3.43. The van der Waals surface area contributed by atoms with Gasteiger partial charge in [-0.3, -0.25) is 9.67 Å². The summed E-state index contributed by atoms with van der Waals surface area (Å²) >= 11 is 8.70. The Morgan fingerprint density at radius 2 is 2.04 bits per heavy atom. The molecule has 2 fully saturated rings. The highest BCUT2D eigenvalue weighted by molar-refractivity contribution is 9.10. The van der Waals surface area contributed by atoms with Crippen molar-refractivity contribution in [2.45, 2.75) is 56.9 Å². The maximum Gasteiger partial charge on any atom is 0.195 e. The van der Waals surface area contributed by atoms with Crippen LogP contribution in [0.3, 0.4) is 0 Å². The van der Waals surface area contributed by atoms with E-state index in [9.17, 15) is 10.2 Å². The Balaban J connectivity index is 1.53. The van der Waals surface area contributed by atoms with E-state index in [4.69, 9.17) is 26.4 Å². The van der Waals surface area contributed by atoms with E-state index in [1.54, 1.807) is 18.4 Å². The molecule has 8 nitrogen and oxygen atoms in total. The van der Waals surface area contributed by atoms with Gasteiger partial charge in [0, 0.05) is 10.0 Å². The summed E-state index contributed by atoms with van der Waals surface area (Å²) in [4.78, 5) is 0. The average molecular weight is 458 g/mol. The number of aromatic amines is 1. The highest BCUT2D eigenvalue weighted by Gasteiger charge is 2.55. The predicted molar refractivity (Wildman–Crippen MR) is 101 cm³/mol. The molecule has 2 aromatic rings. The molecule has 27 heavy (non-hydrogen) atoms. The second kappa shape index (κ2) is 7.03. The van der Waals surface area contributed by atoms with E-state index in [0.29, 0.717) is 10.6 Å². The Labute approximate surface area is 169 Å². The van der Waals surface area contributed by atoms with Crippen molar-refractivity contribution in [1.82, 2.24) is 14.8 Å². The Morgan fingerprint density at radius 3 is 2.70 bits per heavy atom. The summed E-state index contributed by atoms with van der Waals surface area (Å²) in [7, 11) is 0. The molecule has 146 valence electrons. The summed E-state index contributed by atoms with van der Waals surface area (Å²) in [5, 5.41) is 28.2. The first kappa shape index (κ1) is 19.2. The number of benzene rings is 1. The van der Waals surface area contributed by atoms with Crippen molar-refractivity contribution in [3.8, 4) is 11.4 Å². The van der Waals surface area contributed by atoms with Gasteiger partial charge in [0.25, 0.3) is 0 Å². The summed E-state index contributed by atoms with van der Waals surface area (Å²) in [6.07, 6.45) is -4.24. The van der Waals surface area contributed by atoms with E-state index in [1.807, 2.05) is 24.3 Å². The summed E-state index contributed by atoms with van der Waals surface area (Å²) in [5.74, 6) is -0.235. The van der Waals surface area contributed by atoms with Gasteiger partial charge in [-0.05, 0) is 38.2 Å². The van der Waals surface area contributed by atoms with E-state index in [-0.39, 0.29) is 6.54 Å². The van der Waals surface area contributed by atoms with E-state index in [2.05, 4.69) is 26.1 Å². The molecule has 0 radical (unpaired) electrons. The van der Waals surface area contributed by atoms with Gasteiger partial charge in [0.05, 0.1) is 6.54 Å². The van der Waals surface area contributed by atoms with Crippen molar-refractivity contribution >= 4 is 28.1 Å². The van der Waals surface area contributed by atoms with Crippen molar-refractivity contribution in [2.75, 3.05) is 0 Å². The first-order chi connectivity index (χ1) is 12.7. The number of fused-ring (bicyclic) bond motifs is 1. The third-order valence-electron chi connectivity index (χ3n) is 4.66. The number of hydrogen-bond acceptors (Lipinski definition) is 7. The van der Waals surface area contributed by atoms with Crippen molar-refractivity contribution in [2.24, 2.45) is 0 Å². The number of ether oxygens (including phenoxy) is 3. The molecule has 1 aromatic heterocycles. The topological polar surface area (TPSA) is 102 Å². The first-order valence-corrected chi connectivity index (χ1v) is 9.74. The van der Waals surface area contributed by atoms with Crippen molar-refractivity contribution < 1.29 is 24.4 Å². The Kier molecular flexibility index (Phi) is 5.00. The molecule has 0 spiro atoms. The monoisotopic (exact) mass is 457 g/mol. The highest BCUT2D eigenvalue weighted by atomic mass is 79.9. The van der Waals surface area contributed by atoms with Gasteiger partial charge >= 0.3 is 0 Å². The molecule has 2 aliphatic heterocycles. The van der Waals surface area contributed by atoms with E-state index >= 15 is 0 Å². The average Bonchev–Trinajstić information content (AvgIpc) is 3.21. The van der Waals surface area contributed by atoms with E-state index in [1.165, 1.54) is 0 Å². The zero-order valence-electron chi connectivity index (χ0n) is 14.7. The lowest BCUT2D eigenvalue weighted by Gasteiger charge is -2.26. The number of halogens is 1. The van der Waals surface area contributed by atoms with E-state index < -0.39 is 36.5 Å². The predicted octanol–water partition coefficient (Wildman–Crippen LogP) is 1.97. The van der Waals surface area contributed by atoms with Crippen LogP contribution in [-0.4, -0.2) is 61.5 Å². The molecule has 0 bridgehead atoms. The molecular formula is C17H20BrN3O5S. The molecule has 2 aliphatic rings. The molecule has 1 aromatic carbocycles. The first-order valence-electron chi connectivity index (χ1n) is 8.53. The van der Waals surface area contributed by atoms with Crippen molar-refractivity contribution in [1.29, 1.82) is 0 Å². The molecule has 0 saturated carbocycles. The van der Waals surface area contributed by atoms with Gasteiger partial charge in [-0.2, -0.15) is 5.10 Å². The quantitative estimate of drug-likeness (QED) is 0.603. The molecule has 0 aliphatic carbocycles. The molecule has 10 heteroatoms. The lowest BCUT2D eigenvalue weighted by molar-refractivity contribution is -0.226. The van der Waals surface area contributed by atoms with Crippen LogP contribution in [0.1, 0.15) is 13.8 Å². The van der Waals surface area contributed by atoms with Gasteiger partial charge in [0.1, 0.15) is 24.4 Å². The number of aromatic nitrogens is 3. The maximum absolute atomic E-state index is 10.7. The van der Waals surface area contributed by atoms with Crippen LogP contribution < -0.4 is 0 Å². The third-order valence-corrected chi connectivity index (χ3v) is 5.50. The normalized spacial score (nSPS) is 30.4. The number of aliphatic hydroxyl groups excluding tert-OH is 2. The fourth-order valence-corrected chi connectivity index (χ4v) is 3.90. The van der Waals surface area contributed by atoms with Crippen LogP contribution in [0.4, 0.5) is 0 Å². The van der Waals surface area contributed by atoms with Gasteiger partial charge in [-0.15, -0.1) is 0 Å². The van der Waals surface area contributed by atoms with Crippen LogP contribution in [0.2, 0.25) is 0 Å². The van der Waals surface area contributed by atoms with Gasteiger partial charge in [-0.25, -0.2) is 0 Å². The smallest absolute Gasteiger partial charge is 0.195 e. The Morgan fingerprint density at radius 1 is 1.33 bits per heavy atom. The van der Waals surface area contributed by atoms with Crippen LogP contribution in [-0.2, 0) is 20.8 Å². The number of nitrogens with one attached hydrogen (secondary N) is 1. The number of hydrogen-bond donors (Lipinski definition) is 3. The SMILES string of the molecule is CC1(C)O[C@H]2O[C@H]([C@H](O)Cn3c(-c4ccc(Br)cc4)n[nH]c3=S)[C@H](O)[C@H]2O1. The summed E-state index contributed by atoms with van der Waals surface area (Å²) in [6, 6.07) is 7.59.